The van der Waals surface area contributed by atoms with E-state index in [-0.39, 0.29) is 11.4 Å². The number of aromatic amines is 1. The van der Waals surface area contributed by atoms with Crippen LogP contribution in [0.2, 0.25) is 0 Å². The first-order valence-electron chi connectivity index (χ1n) is 8.10. The Morgan fingerprint density at radius 2 is 2.04 bits per heavy atom. The summed E-state index contributed by atoms with van der Waals surface area (Å²) >= 11 is 1.56. The second-order valence-corrected chi connectivity index (χ2v) is 6.64. The Kier molecular flexibility index (Phi) is 6.32. The van der Waals surface area contributed by atoms with Crippen LogP contribution < -0.4 is 10.9 Å². The third kappa shape index (κ3) is 5.13. The largest absolute Gasteiger partial charge is 0.355 e. The number of hydrogen-bond acceptors (Lipinski definition) is 6. The number of hydrogen-bond donors (Lipinski definition) is 2. The van der Waals surface area contributed by atoms with Crippen LogP contribution in [0.25, 0.3) is 0 Å². The van der Waals surface area contributed by atoms with E-state index in [2.05, 4.69) is 25.3 Å². The van der Waals surface area contributed by atoms with Crippen molar-refractivity contribution in [2.45, 2.75) is 12.2 Å². The van der Waals surface area contributed by atoms with Gasteiger partial charge in [-0.2, -0.15) is 11.8 Å². The first-order valence-corrected chi connectivity index (χ1v) is 9.26. The molecule has 0 aromatic carbocycles. The molecule has 0 unspecified atom stereocenters. The number of nitrogens with zero attached hydrogens (tertiary/aromatic N) is 3. The zero-order valence-corrected chi connectivity index (χ0v) is 14.8. The molecule has 0 aliphatic heterocycles. The van der Waals surface area contributed by atoms with Gasteiger partial charge >= 0.3 is 0 Å². The fraction of sp³-hybridized carbons (Fsp3) is 0.222. The molecule has 3 rings (SSSR count). The van der Waals surface area contributed by atoms with Crippen molar-refractivity contribution >= 4 is 17.7 Å². The number of pyridine rings is 2. The summed E-state index contributed by atoms with van der Waals surface area (Å²) in [6, 6.07) is 6.73. The average molecular weight is 371 g/mol. The van der Waals surface area contributed by atoms with Gasteiger partial charge in [-0.25, -0.2) is 9.37 Å². The fourth-order valence-electron chi connectivity index (χ4n) is 2.29. The van der Waals surface area contributed by atoms with Gasteiger partial charge in [0.2, 0.25) is 5.95 Å². The molecule has 0 aliphatic rings. The van der Waals surface area contributed by atoms with E-state index in [1.165, 1.54) is 6.07 Å². The summed E-state index contributed by atoms with van der Waals surface area (Å²) in [6.45, 7) is 0.601. The fourth-order valence-corrected chi connectivity index (χ4v) is 3.09. The smallest absolute Gasteiger partial charge is 0.255 e. The number of thioether (sulfide) groups is 1. The topological polar surface area (TPSA) is 83.6 Å². The molecule has 0 radical (unpaired) electrons. The normalized spacial score (nSPS) is 10.7. The molecule has 6 nitrogen and oxygen atoms in total. The van der Waals surface area contributed by atoms with Crippen LogP contribution in [0.1, 0.15) is 16.8 Å². The van der Waals surface area contributed by atoms with Crippen molar-refractivity contribution in [1.82, 2.24) is 19.9 Å². The third-order valence-corrected chi connectivity index (χ3v) is 4.57. The van der Waals surface area contributed by atoms with E-state index in [4.69, 9.17) is 0 Å². The van der Waals surface area contributed by atoms with Crippen LogP contribution in [0.4, 0.5) is 10.3 Å². The standard InChI is InChI=1S/C18H18FN5OS/c19-15-4-2-6-21-16(15)12-26-8-7-22-18-23-11-14(17(25)24-18)9-13-3-1-5-20-10-13/h1-6,10-11H,7-9,12H2,(H2,22,23,24,25). The number of rotatable bonds is 8. The Hall–Kier alpha value is -2.74. The maximum Gasteiger partial charge on any atom is 0.255 e. The van der Waals surface area contributed by atoms with Crippen LogP contribution in [0.3, 0.4) is 0 Å². The van der Waals surface area contributed by atoms with E-state index >= 15 is 0 Å². The summed E-state index contributed by atoms with van der Waals surface area (Å²) < 4.78 is 13.5. The van der Waals surface area contributed by atoms with Crippen LogP contribution in [-0.4, -0.2) is 32.2 Å². The summed E-state index contributed by atoms with van der Waals surface area (Å²) in [5.41, 5.74) is 1.82. The van der Waals surface area contributed by atoms with Gasteiger partial charge in [0.1, 0.15) is 5.82 Å². The highest BCUT2D eigenvalue weighted by molar-refractivity contribution is 7.98. The monoisotopic (exact) mass is 371 g/mol. The van der Waals surface area contributed by atoms with E-state index in [1.54, 1.807) is 42.6 Å². The Labute approximate surface area is 154 Å². The van der Waals surface area contributed by atoms with Gasteiger partial charge in [0.05, 0.1) is 5.69 Å². The van der Waals surface area contributed by atoms with Crippen molar-refractivity contribution in [3.63, 3.8) is 0 Å². The van der Waals surface area contributed by atoms with Crippen molar-refractivity contribution in [3.8, 4) is 0 Å². The van der Waals surface area contributed by atoms with Crippen molar-refractivity contribution in [2.24, 2.45) is 0 Å². The van der Waals surface area contributed by atoms with Crippen LogP contribution in [-0.2, 0) is 12.2 Å². The minimum atomic E-state index is -0.289. The molecular weight excluding hydrogens is 353 g/mol. The SMILES string of the molecule is O=c1[nH]c(NCCSCc2ncccc2F)ncc1Cc1cccnc1. The van der Waals surface area contributed by atoms with Gasteiger partial charge in [-0.05, 0) is 23.8 Å². The van der Waals surface area contributed by atoms with Crippen LogP contribution in [0.15, 0.2) is 53.8 Å². The molecule has 0 saturated heterocycles. The molecule has 0 saturated carbocycles. The number of halogens is 1. The Balaban J connectivity index is 1.46. The summed E-state index contributed by atoms with van der Waals surface area (Å²) in [4.78, 5) is 27.2. The van der Waals surface area contributed by atoms with E-state index < -0.39 is 0 Å². The molecule has 8 heteroatoms. The van der Waals surface area contributed by atoms with E-state index in [0.717, 1.165) is 11.3 Å². The van der Waals surface area contributed by atoms with E-state index in [0.29, 0.717) is 35.9 Å². The lowest BCUT2D eigenvalue weighted by Crippen LogP contribution is -2.18. The molecule has 3 heterocycles. The number of H-pyrrole nitrogens is 1. The first-order chi connectivity index (χ1) is 12.7. The summed E-state index contributed by atoms with van der Waals surface area (Å²) in [7, 11) is 0. The zero-order valence-electron chi connectivity index (χ0n) is 14.0. The predicted octanol–water partition coefficient (Wildman–Crippen LogP) is 2.64. The van der Waals surface area contributed by atoms with Gasteiger partial charge < -0.3 is 5.32 Å². The molecule has 0 fully saturated rings. The molecule has 0 amide bonds. The Morgan fingerprint density at radius 1 is 1.15 bits per heavy atom. The number of anilines is 1. The minimum Gasteiger partial charge on any atom is -0.355 e. The van der Waals surface area contributed by atoms with Crippen LogP contribution in [0, 0.1) is 5.82 Å². The minimum absolute atomic E-state index is 0.172. The van der Waals surface area contributed by atoms with Crippen LogP contribution in [0.5, 0.6) is 0 Å². The molecule has 0 spiro atoms. The van der Waals surface area contributed by atoms with Crippen molar-refractivity contribution in [2.75, 3.05) is 17.6 Å². The molecule has 3 aromatic heterocycles. The summed E-state index contributed by atoms with van der Waals surface area (Å²) in [5, 5.41) is 3.06. The molecule has 0 aliphatic carbocycles. The van der Waals surface area contributed by atoms with Gasteiger partial charge in [0.25, 0.3) is 5.56 Å². The molecule has 134 valence electrons. The maximum absolute atomic E-state index is 13.5. The lowest BCUT2D eigenvalue weighted by Gasteiger charge is -2.06. The second-order valence-electron chi connectivity index (χ2n) is 5.54. The van der Waals surface area contributed by atoms with Crippen molar-refractivity contribution in [1.29, 1.82) is 0 Å². The van der Waals surface area contributed by atoms with Crippen molar-refractivity contribution in [3.05, 3.63) is 82.0 Å². The molecule has 2 N–H and O–H groups in total. The van der Waals surface area contributed by atoms with Gasteiger partial charge in [0.15, 0.2) is 0 Å². The van der Waals surface area contributed by atoms with Crippen molar-refractivity contribution < 1.29 is 4.39 Å². The number of nitrogens with one attached hydrogen (secondary N) is 2. The third-order valence-electron chi connectivity index (χ3n) is 3.60. The highest BCUT2D eigenvalue weighted by atomic mass is 32.2. The van der Waals surface area contributed by atoms with Gasteiger partial charge in [-0.3, -0.25) is 19.7 Å². The maximum atomic E-state index is 13.5. The van der Waals surface area contributed by atoms with Gasteiger partial charge in [-0.1, -0.05) is 6.07 Å². The number of aromatic nitrogens is 4. The quantitative estimate of drug-likeness (QED) is 0.592. The Morgan fingerprint density at radius 3 is 2.81 bits per heavy atom. The van der Waals surface area contributed by atoms with Gasteiger partial charge in [-0.15, -0.1) is 0 Å². The summed E-state index contributed by atoms with van der Waals surface area (Å²) in [6.07, 6.45) is 7.07. The highest BCUT2D eigenvalue weighted by Gasteiger charge is 2.05. The van der Waals surface area contributed by atoms with E-state index in [1.807, 2.05) is 12.1 Å². The molecule has 3 aromatic rings. The van der Waals surface area contributed by atoms with E-state index in [9.17, 15) is 9.18 Å². The highest BCUT2D eigenvalue weighted by Crippen LogP contribution is 2.12. The predicted molar refractivity (Wildman–Crippen MR) is 101 cm³/mol. The molecule has 0 atom stereocenters. The van der Waals surface area contributed by atoms with Crippen LogP contribution >= 0.6 is 11.8 Å². The molecule has 0 bridgehead atoms. The average Bonchev–Trinajstić information content (AvgIpc) is 2.66. The second kappa shape index (κ2) is 9.10. The lowest BCUT2D eigenvalue weighted by atomic mass is 10.1. The zero-order chi connectivity index (χ0) is 18.2. The first kappa shape index (κ1) is 18.1. The Bertz CT molecular complexity index is 903. The molecule has 26 heavy (non-hydrogen) atoms. The lowest BCUT2D eigenvalue weighted by molar-refractivity contribution is 0.608. The summed E-state index contributed by atoms with van der Waals surface area (Å²) in [5.74, 6) is 1.37. The molecular formula is C18H18FN5OS. The van der Waals surface area contributed by atoms with Gasteiger partial charge in [0, 0.05) is 54.8 Å².